The van der Waals surface area contributed by atoms with Crippen LogP contribution in [0, 0.1) is 18.8 Å². The molecule has 0 saturated carbocycles. The molecule has 0 aliphatic heterocycles. The maximum absolute atomic E-state index is 13.2. The molecule has 0 unspecified atom stereocenters. The lowest BCUT2D eigenvalue weighted by atomic mass is 10.1. The Hall–Kier alpha value is -3.88. The summed E-state index contributed by atoms with van der Waals surface area (Å²) < 4.78 is 29.1. The van der Waals surface area contributed by atoms with Crippen LogP contribution in [0.2, 0.25) is 0 Å². The van der Waals surface area contributed by atoms with E-state index in [0.717, 1.165) is 28.7 Å². The van der Waals surface area contributed by atoms with E-state index in [1.165, 1.54) is 11.1 Å². The molecule has 5 rings (SSSR count). The number of anilines is 1. The third kappa shape index (κ3) is 3.77. The van der Waals surface area contributed by atoms with Gasteiger partial charge in [0, 0.05) is 23.5 Å². The summed E-state index contributed by atoms with van der Waals surface area (Å²) in [6.07, 6.45) is 4.16. The summed E-state index contributed by atoms with van der Waals surface area (Å²) >= 11 is 0. The Morgan fingerprint density at radius 3 is 2.47 bits per heavy atom. The maximum atomic E-state index is 13.2. The molecule has 0 fully saturated rings. The lowest BCUT2D eigenvalue weighted by molar-refractivity contribution is 0.601. The lowest BCUT2D eigenvalue weighted by Gasteiger charge is -2.11. The van der Waals surface area contributed by atoms with Gasteiger partial charge in [-0.15, -0.1) is 0 Å². The van der Waals surface area contributed by atoms with Crippen molar-refractivity contribution in [3.8, 4) is 23.0 Å². The number of benzene rings is 3. The molecule has 0 saturated heterocycles. The van der Waals surface area contributed by atoms with E-state index in [0.29, 0.717) is 11.3 Å². The molecule has 0 bridgehead atoms. The zero-order valence-electron chi connectivity index (χ0n) is 17.5. The molecule has 4 aromatic rings. The first-order valence-corrected chi connectivity index (χ1v) is 11.8. The van der Waals surface area contributed by atoms with E-state index >= 15 is 0 Å². The summed E-state index contributed by atoms with van der Waals surface area (Å²) in [6, 6.07) is 22.5. The number of rotatable bonds is 3. The molecule has 1 heterocycles. The van der Waals surface area contributed by atoms with Gasteiger partial charge < -0.3 is 0 Å². The van der Waals surface area contributed by atoms with Crippen LogP contribution in [-0.4, -0.2) is 13.4 Å². The Balaban J connectivity index is 1.46. The second-order valence-corrected chi connectivity index (χ2v) is 9.43. The van der Waals surface area contributed by atoms with Crippen LogP contribution < -0.4 is 4.72 Å². The summed E-state index contributed by atoms with van der Waals surface area (Å²) in [7, 11) is -3.77. The van der Waals surface area contributed by atoms with Crippen LogP contribution in [0.15, 0.2) is 90.1 Å². The molecule has 1 aliphatic carbocycles. The Labute approximate surface area is 188 Å². The van der Waals surface area contributed by atoms with Crippen LogP contribution in [0.25, 0.3) is 11.1 Å². The number of hydrogen-bond acceptors (Lipinski definition) is 3. The predicted octanol–water partition coefficient (Wildman–Crippen LogP) is 5.16. The van der Waals surface area contributed by atoms with Crippen LogP contribution in [0.1, 0.15) is 27.8 Å². The third-order valence-electron chi connectivity index (χ3n) is 5.62. The summed E-state index contributed by atoms with van der Waals surface area (Å²) in [6.45, 7) is 1.96. The minimum absolute atomic E-state index is 0.245. The molecule has 1 aliphatic rings. The minimum atomic E-state index is -3.77. The van der Waals surface area contributed by atoms with Crippen LogP contribution in [0.4, 0.5) is 5.69 Å². The van der Waals surface area contributed by atoms with E-state index in [1.54, 1.807) is 42.7 Å². The van der Waals surface area contributed by atoms with E-state index in [-0.39, 0.29) is 4.90 Å². The van der Waals surface area contributed by atoms with Crippen molar-refractivity contribution in [2.75, 3.05) is 4.72 Å². The molecule has 5 heteroatoms. The number of hydrogen-bond donors (Lipinski definition) is 1. The largest absolute Gasteiger partial charge is 0.278 e. The van der Waals surface area contributed by atoms with Gasteiger partial charge >= 0.3 is 0 Å². The first-order chi connectivity index (χ1) is 15.5. The summed E-state index contributed by atoms with van der Waals surface area (Å²) in [4.78, 5) is 4.35. The fourth-order valence-electron chi connectivity index (χ4n) is 3.90. The van der Waals surface area contributed by atoms with Gasteiger partial charge in [-0.2, -0.15) is 0 Å². The van der Waals surface area contributed by atoms with Crippen molar-refractivity contribution in [2.45, 2.75) is 18.2 Å². The van der Waals surface area contributed by atoms with Crippen molar-refractivity contribution >= 4 is 15.7 Å². The van der Waals surface area contributed by atoms with Crippen molar-refractivity contribution in [3.63, 3.8) is 0 Å². The lowest BCUT2D eigenvalue weighted by Crippen LogP contribution is -2.14. The Kier molecular flexibility index (Phi) is 5.01. The van der Waals surface area contributed by atoms with Gasteiger partial charge in [-0.1, -0.05) is 54.3 Å². The Bertz CT molecular complexity index is 1510. The molecule has 1 aromatic heterocycles. The molecule has 0 amide bonds. The maximum Gasteiger partial charge on any atom is 0.261 e. The average molecular weight is 437 g/mol. The van der Waals surface area contributed by atoms with Crippen molar-refractivity contribution in [2.24, 2.45) is 0 Å². The summed E-state index contributed by atoms with van der Waals surface area (Å²) in [5.41, 5.74) is 7.39. The van der Waals surface area contributed by atoms with Crippen molar-refractivity contribution in [3.05, 3.63) is 113 Å². The zero-order chi connectivity index (χ0) is 22.1. The number of sulfonamides is 1. The van der Waals surface area contributed by atoms with Gasteiger partial charge in [-0.3, -0.25) is 9.71 Å². The highest BCUT2D eigenvalue weighted by Gasteiger charge is 2.22. The number of fused-ring (bicyclic) bond motifs is 3. The molecule has 0 atom stereocenters. The van der Waals surface area contributed by atoms with Crippen LogP contribution >= 0.6 is 0 Å². The first kappa shape index (κ1) is 20.0. The van der Waals surface area contributed by atoms with Gasteiger partial charge in [0.15, 0.2) is 0 Å². The monoisotopic (exact) mass is 436 g/mol. The molecule has 0 radical (unpaired) electrons. The number of nitrogens with one attached hydrogen (secondary N) is 1. The number of nitrogens with zero attached hydrogens (tertiary/aromatic N) is 1. The second kappa shape index (κ2) is 7.99. The quantitative estimate of drug-likeness (QED) is 0.397. The van der Waals surface area contributed by atoms with Crippen LogP contribution in [-0.2, 0) is 16.4 Å². The van der Waals surface area contributed by atoms with E-state index in [9.17, 15) is 8.42 Å². The fraction of sp³-hybridized carbons (Fsp3) is 0.0741. The van der Waals surface area contributed by atoms with Gasteiger partial charge in [0.25, 0.3) is 10.0 Å². The van der Waals surface area contributed by atoms with Gasteiger partial charge in [-0.25, -0.2) is 8.42 Å². The third-order valence-corrected chi connectivity index (χ3v) is 6.98. The standard InChI is InChI=1S/C27H20N2O2S/c1-19-14-15-28-18-22(19)11-10-20-6-3-5-9-27(20)29-32(30,31)24-12-13-26-23(17-24)16-21-7-2-4-8-25(21)26/h2-9,12-15,17-18,29H,16H2,1H3. The van der Waals surface area contributed by atoms with Gasteiger partial charge in [-0.05, 0) is 71.5 Å². The number of para-hydroxylation sites is 1. The van der Waals surface area contributed by atoms with Crippen LogP contribution in [0.5, 0.6) is 0 Å². The molecule has 0 spiro atoms. The molecule has 3 aromatic carbocycles. The topological polar surface area (TPSA) is 59.1 Å². The smallest absolute Gasteiger partial charge is 0.261 e. The molecular weight excluding hydrogens is 416 g/mol. The van der Waals surface area contributed by atoms with Gasteiger partial charge in [0.1, 0.15) is 0 Å². The number of aryl methyl sites for hydroxylation is 1. The normalized spacial score (nSPS) is 11.8. The second-order valence-electron chi connectivity index (χ2n) is 7.74. The molecule has 1 N–H and O–H groups in total. The van der Waals surface area contributed by atoms with Crippen molar-refractivity contribution in [1.82, 2.24) is 4.98 Å². The Morgan fingerprint density at radius 1 is 0.844 bits per heavy atom. The van der Waals surface area contributed by atoms with Crippen LogP contribution in [0.3, 0.4) is 0 Å². The van der Waals surface area contributed by atoms with E-state index in [2.05, 4.69) is 33.7 Å². The zero-order valence-corrected chi connectivity index (χ0v) is 18.3. The number of pyridine rings is 1. The number of aromatic nitrogens is 1. The Morgan fingerprint density at radius 2 is 1.59 bits per heavy atom. The fourth-order valence-corrected chi connectivity index (χ4v) is 5.03. The van der Waals surface area contributed by atoms with Gasteiger partial charge in [0.2, 0.25) is 0 Å². The average Bonchev–Trinajstić information content (AvgIpc) is 3.17. The highest BCUT2D eigenvalue weighted by atomic mass is 32.2. The van der Waals surface area contributed by atoms with E-state index in [4.69, 9.17) is 0 Å². The van der Waals surface area contributed by atoms with Crippen molar-refractivity contribution < 1.29 is 8.42 Å². The van der Waals surface area contributed by atoms with E-state index < -0.39 is 10.0 Å². The molecule has 32 heavy (non-hydrogen) atoms. The highest BCUT2D eigenvalue weighted by molar-refractivity contribution is 7.92. The highest BCUT2D eigenvalue weighted by Crippen LogP contribution is 2.37. The molecular formula is C27H20N2O2S. The predicted molar refractivity (Wildman–Crippen MR) is 127 cm³/mol. The van der Waals surface area contributed by atoms with Gasteiger partial charge in [0.05, 0.1) is 10.6 Å². The molecule has 156 valence electrons. The van der Waals surface area contributed by atoms with Crippen molar-refractivity contribution in [1.29, 1.82) is 0 Å². The SMILES string of the molecule is Cc1ccncc1C#Cc1ccccc1NS(=O)(=O)c1ccc2c(c1)Cc1ccccc1-2. The summed E-state index contributed by atoms with van der Waals surface area (Å²) in [5, 5.41) is 0. The minimum Gasteiger partial charge on any atom is -0.278 e. The first-order valence-electron chi connectivity index (χ1n) is 10.3. The summed E-state index contributed by atoms with van der Waals surface area (Å²) in [5.74, 6) is 6.17. The van der Waals surface area contributed by atoms with E-state index in [1.807, 2.05) is 37.3 Å². The molecule has 4 nitrogen and oxygen atoms in total.